The van der Waals surface area contributed by atoms with Crippen molar-refractivity contribution in [3.8, 4) is 0 Å². The Bertz CT molecular complexity index is 710. The fourth-order valence-electron chi connectivity index (χ4n) is 2.63. The molecule has 1 atom stereocenters. The summed E-state index contributed by atoms with van der Waals surface area (Å²) in [5.41, 5.74) is 0.128. The lowest BCUT2D eigenvalue weighted by Crippen LogP contribution is -2.49. The summed E-state index contributed by atoms with van der Waals surface area (Å²) in [6.07, 6.45) is -8.35. The molecule has 0 aliphatic carbocycles. The highest BCUT2D eigenvalue weighted by Gasteiger charge is 2.36. The molecule has 0 bridgehead atoms. The molecule has 1 unspecified atom stereocenters. The quantitative estimate of drug-likeness (QED) is 0.549. The van der Waals surface area contributed by atoms with Crippen molar-refractivity contribution in [3.05, 3.63) is 24.3 Å². The molecule has 1 aliphatic heterocycles. The SMILES string of the molecule is O=C(NCC(F)(F)F)C1CCCN1C(=O)Nc1ccccc1SCC(F)(F)F. The van der Waals surface area contributed by atoms with Gasteiger partial charge in [0.25, 0.3) is 0 Å². The Balaban J connectivity index is 2.03. The summed E-state index contributed by atoms with van der Waals surface area (Å²) in [6.45, 7) is -1.36. The number of rotatable bonds is 5. The number of carbonyl (C=O) groups excluding carboxylic acids is 2. The molecule has 0 saturated carbocycles. The summed E-state index contributed by atoms with van der Waals surface area (Å²) in [6, 6.07) is 4.01. The molecular weight excluding hydrogens is 412 g/mol. The van der Waals surface area contributed by atoms with Crippen molar-refractivity contribution in [1.82, 2.24) is 10.2 Å². The largest absolute Gasteiger partial charge is 0.405 e. The Labute approximate surface area is 160 Å². The molecule has 156 valence electrons. The van der Waals surface area contributed by atoms with E-state index in [0.29, 0.717) is 18.2 Å². The Hall–Kier alpha value is -2.11. The molecule has 5 nitrogen and oxygen atoms in total. The van der Waals surface area contributed by atoms with Gasteiger partial charge in [-0.3, -0.25) is 4.79 Å². The zero-order valence-corrected chi connectivity index (χ0v) is 15.2. The first kappa shape index (κ1) is 22.2. The number of hydrogen-bond donors (Lipinski definition) is 2. The molecule has 12 heteroatoms. The van der Waals surface area contributed by atoms with Crippen LogP contribution in [0.3, 0.4) is 0 Å². The van der Waals surface area contributed by atoms with Crippen molar-refractivity contribution in [2.45, 2.75) is 36.1 Å². The zero-order chi connectivity index (χ0) is 20.9. The van der Waals surface area contributed by atoms with Crippen molar-refractivity contribution in [1.29, 1.82) is 0 Å². The van der Waals surface area contributed by atoms with Crippen LogP contribution in [0.4, 0.5) is 36.8 Å². The topological polar surface area (TPSA) is 61.4 Å². The molecule has 1 aliphatic rings. The van der Waals surface area contributed by atoms with Crippen molar-refractivity contribution in [2.24, 2.45) is 0 Å². The molecule has 0 aromatic heterocycles. The van der Waals surface area contributed by atoms with Gasteiger partial charge in [0.2, 0.25) is 5.91 Å². The molecule has 0 spiro atoms. The number of nitrogens with zero attached hydrogens (tertiary/aromatic N) is 1. The average molecular weight is 429 g/mol. The molecule has 2 rings (SSSR count). The first-order valence-electron chi connectivity index (χ1n) is 8.17. The smallest absolute Gasteiger partial charge is 0.345 e. The van der Waals surface area contributed by atoms with E-state index in [2.05, 4.69) is 5.32 Å². The maximum atomic E-state index is 12.5. The number of thioether (sulfide) groups is 1. The number of anilines is 1. The van der Waals surface area contributed by atoms with Crippen molar-refractivity contribution in [3.63, 3.8) is 0 Å². The van der Waals surface area contributed by atoms with Crippen LogP contribution in [0.25, 0.3) is 0 Å². The normalized spacial score (nSPS) is 17.5. The van der Waals surface area contributed by atoms with Gasteiger partial charge in [-0.05, 0) is 25.0 Å². The summed E-state index contributed by atoms with van der Waals surface area (Å²) >= 11 is 0.494. The first-order chi connectivity index (χ1) is 13.0. The number of urea groups is 1. The van der Waals surface area contributed by atoms with E-state index < -0.39 is 42.6 Å². The van der Waals surface area contributed by atoms with Gasteiger partial charge in [0.1, 0.15) is 12.6 Å². The van der Waals surface area contributed by atoms with E-state index in [1.165, 1.54) is 24.3 Å². The van der Waals surface area contributed by atoms with Crippen LogP contribution in [0.1, 0.15) is 12.8 Å². The second-order valence-corrected chi connectivity index (χ2v) is 7.03. The van der Waals surface area contributed by atoms with Gasteiger partial charge in [0, 0.05) is 11.4 Å². The predicted octanol–water partition coefficient (Wildman–Crippen LogP) is 4.02. The second kappa shape index (κ2) is 8.93. The number of hydrogen-bond acceptors (Lipinski definition) is 3. The predicted molar refractivity (Wildman–Crippen MR) is 91.0 cm³/mol. The highest BCUT2D eigenvalue weighted by atomic mass is 32.2. The first-order valence-corrected chi connectivity index (χ1v) is 9.15. The Morgan fingerprint density at radius 1 is 1.11 bits per heavy atom. The second-order valence-electron chi connectivity index (χ2n) is 6.01. The summed E-state index contributed by atoms with van der Waals surface area (Å²) in [7, 11) is 0. The number of para-hydroxylation sites is 1. The minimum Gasteiger partial charge on any atom is -0.345 e. The third-order valence-corrected chi connectivity index (χ3v) is 4.94. The highest BCUT2D eigenvalue weighted by Crippen LogP contribution is 2.32. The van der Waals surface area contributed by atoms with Gasteiger partial charge in [-0.2, -0.15) is 26.3 Å². The van der Waals surface area contributed by atoms with Gasteiger partial charge in [-0.15, -0.1) is 11.8 Å². The third kappa shape index (κ3) is 6.80. The molecule has 0 radical (unpaired) electrons. The van der Waals surface area contributed by atoms with E-state index in [9.17, 15) is 35.9 Å². The third-order valence-electron chi connectivity index (χ3n) is 3.80. The van der Waals surface area contributed by atoms with Gasteiger partial charge in [-0.25, -0.2) is 4.79 Å². The lowest BCUT2D eigenvalue weighted by atomic mass is 10.2. The number of amides is 3. The van der Waals surface area contributed by atoms with E-state index in [-0.39, 0.29) is 23.5 Å². The molecule has 3 amide bonds. The number of likely N-dealkylation sites (tertiary alicyclic amines) is 1. The van der Waals surface area contributed by atoms with Crippen LogP contribution in [0, 0.1) is 0 Å². The molecule has 2 N–H and O–H groups in total. The van der Waals surface area contributed by atoms with E-state index in [0.717, 1.165) is 4.90 Å². The van der Waals surface area contributed by atoms with Crippen LogP contribution in [0.2, 0.25) is 0 Å². The Morgan fingerprint density at radius 3 is 2.43 bits per heavy atom. The zero-order valence-electron chi connectivity index (χ0n) is 14.4. The standard InChI is InChI=1S/C16H17F6N3O2S/c17-15(18,19)8-23-13(26)11-5-3-7-25(11)14(27)24-10-4-1-2-6-12(10)28-9-16(20,21)22/h1-2,4,6,11H,3,5,7-9H2,(H,23,26)(H,24,27). The lowest BCUT2D eigenvalue weighted by molar-refractivity contribution is -0.140. The van der Waals surface area contributed by atoms with Gasteiger partial charge in [-0.1, -0.05) is 12.1 Å². The van der Waals surface area contributed by atoms with Crippen LogP contribution < -0.4 is 10.6 Å². The average Bonchev–Trinajstić information content (AvgIpc) is 3.07. The monoisotopic (exact) mass is 429 g/mol. The van der Waals surface area contributed by atoms with Crippen LogP contribution in [-0.4, -0.2) is 54.1 Å². The summed E-state index contributed by atoms with van der Waals surface area (Å²) in [5, 5.41) is 4.19. The van der Waals surface area contributed by atoms with Crippen LogP contribution in [0.15, 0.2) is 29.2 Å². The van der Waals surface area contributed by atoms with Crippen LogP contribution >= 0.6 is 11.8 Å². The van der Waals surface area contributed by atoms with E-state index in [1.807, 2.05) is 0 Å². The molecule has 1 aromatic rings. The maximum absolute atomic E-state index is 12.5. The highest BCUT2D eigenvalue weighted by molar-refractivity contribution is 7.99. The fraction of sp³-hybridized carbons (Fsp3) is 0.500. The van der Waals surface area contributed by atoms with E-state index in [4.69, 9.17) is 0 Å². The minimum atomic E-state index is -4.57. The number of benzene rings is 1. The summed E-state index contributed by atoms with van der Waals surface area (Å²) in [4.78, 5) is 25.7. The maximum Gasteiger partial charge on any atom is 0.405 e. The van der Waals surface area contributed by atoms with Crippen molar-refractivity contribution < 1.29 is 35.9 Å². The fourth-order valence-corrected chi connectivity index (χ4v) is 3.40. The van der Waals surface area contributed by atoms with Gasteiger partial charge in [0.15, 0.2) is 0 Å². The van der Waals surface area contributed by atoms with E-state index in [1.54, 1.807) is 5.32 Å². The summed E-state index contributed by atoms with van der Waals surface area (Å²) < 4.78 is 74.1. The minimum absolute atomic E-state index is 0.128. The van der Waals surface area contributed by atoms with Crippen molar-refractivity contribution in [2.75, 3.05) is 24.2 Å². The molecule has 28 heavy (non-hydrogen) atoms. The van der Waals surface area contributed by atoms with Gasteiger partial charge in [0.05, 0.1) is 11.4 Å². The molecular formula is C16H17F6N3O2S. The summed E-state index contributed by atoms with van der Waals surface area (Å²) in [5.74, 6) is -2.07. The number of carbonyl (C=O) groups is 2. The van der Waals surface area contributed by atoms with Crippen LogP contribution in [-0.2, 0) is 4.79 Å². The lowest BCUT2D eigenvalue weighted by Gasteiger charge is -2.25. The van der Waals surface area contributed by atoms with E-state index >= 15 is 0 Å². The molecule has 1 fully saturated rings. The molecule has 1 heterocycles. The van der Waals surface area contributed by atoms with Gasteiger partial charge < -0.3 is 15.5 Å². The Morgan fingerprint density at radius 2 is 1.79 bits per heavy atom. The van der Waals surface area contributed by atoms with Gasteiger partial charge >= 0.3 is 18.4 Å². The Kier molecular flexibility index (Phi) is 7.07. The number of halogens is 6. The van der Waals surface area contributed by atoms with Crippen LogP contribution in [0.5, 0.6) is 0 Å². The molecule has 1 saturated heterocycles. The number of alkyl halides is 6. The van der Waals surface area contributed by atoms with Crippen molar-refractivity contribution >= 4 is 29.4 Å². The number of nitrogens with one attached hydrogen (secondary N) is 2. The molecule has 1 aromatic carbocycles.